The maximum Gasteiger partial charge on any atom is 0.343 e. The molecule has 23 heavy (non-hydrogen) atoms. The molecule has 2 aromatic rings. The average Bonchev–Trinajstić information content (AvgIpc) is 2.85. The number of ether oxygens (including phenoxy) is 1. The van der Waals surface area contributed by atoms with E-state index in [1.165, 1.54) is 29.8 Å². The Bertz CT molecular complexity index is 771. The van der Waals surface area contributed by atoms with E-state index in [1.54, 1.807) is 13.8 Å². The van der Waals surface area contributed by atoms with E-state index in [4.69, 9.17) is 4.74 Å². The molecule has 1 fully saturated rings. The van der Waals surface area contributed by atoms with Gasteiger partial charge in [-0.05, 0) is 39.8 Å². The van der Waals surface area contributed by atoms with Crippen LogP contribution in [0.25, 0.3) is 5.65 Å². The van der Waals surface area contributed by atoms with Gasteiger partial charge in [-0.15, -0.1) is 0 Å². The van der Waals surface area contributed by atoms with Gasteiger partial charge >= 0.3 is 5.97 Å². The van der Waals surface area contributed by atoms with Crippen LogP contribution in [0, 0.1) is 6.92 Å². The maximum atomic E-state index is 12.3. The third-order valence-corrected chi connectivity index (χ3v) is 4.16. The van der Waals surface area contributed by atoms with E-state index in [2.05, 4.69) is 15.0 Å². The third kappa shape index (κ3) is 3.14. The summed E-state index contributed by atoms with van der Waals surface area (Å²) in [6.45, 7) is 6.47. The Hall–Kier alpha value is -2.15. The smallest absolute Gasteiger partial charge is 0.343 e. The van der Waals surface area contributed by atoms with Crippen molar-refractivity contribution >= 4 is 11.6 Å². The molecule has 0 radical (unpaired) electrons. The van der Waals surface area contributed by atoms with Crippen LogP contribution in [0.15, 0.2) is 10.9 Å². The Morgan fingerprint density at radius 3 is 2.78 bits per heavy atom. The number of rotatable bonds is 4. The normalized spacial score (nSPS) is 15.9. The van der Waals surface area contributed by atoms with Gasteiger partial charge in [0.15, 0.2) is 5.65 Å². The van der Waals surface area contributed by atoms with Gasteiger partial charge in [-0.1, -0.05) is 6.42 Å². The lowest BCUT2D eigenvalue weighted by Crippen LogP contribution is -2.30. The highest BCUT2D eigenvalue weighted by molar-refractivity contribution is 5.97. The zero-order valence-electron chi connectivity index (χ0n) is 13.6. The molecular formula is C16H22N4O3. The number of esters is 1. The molecule has 2 aromatic heterocycles. The number of likely N-dealkylation sites (tertiary alicyclic amines) is 1. The molecule has 0 aliphatic carbocycles. The Morgan fingerprint density at radius 1 is 1.35 bits per heavy atom. The molecule has 1 N–H and O–H groups in total. The minimum absolute atomic E-state index is 0.208. The summed E-state index contributed by atoms with van der Waals surface area (Å²) in [4.78, 5) is 31.3. The molecular weight excluding hydrogens is 296 g/mol. The van der Waals surface area contributed by atoms with Gasteiger partial charge in [-0.3, -0.25) is 14.8 Å². The number of hydrogen-bond acceptors (Lipinski definition) is 5. The van der Waals surface area contributed by atoms with Crippen molar-refractivity contribution < 1.29 is 9.53 Å². The first-order chi connectivity index (χ1) is 11.1. The minimum Gasteiger partial charge on any atom is -0.462 e. The van der Waals surface area contributed by atoms with Gasteiger partial charge in [-0.2, -0.15) is 0 Å². The van der Waals surface area contributed by atoms with E-state index >= 15 is 0 Å². The van der Waals surface area contributed by atoms with Crippen LogP contribution in [-0.2, 0) is 11.3 Å². The molecule has 7 nitrogen and oxygen atoms in total. The number of hydrogen-bond donors (Lipinski definition) is 1. The lowest BCUT2D eigenvalue weighted by atomic mass is 10.1. The summed E-state index contributed by atoms with van der Waals surface area (Å²) in [6, 6.07) is 1.53. The maximum absolute atomic E-state index is 12.3. The number of nitrogens with one attached hydrogen (secondary N) is 1. The van der Waals surface area contributed by atoms with Gasteiger partial charge in [-0.25, -0.2) is 14.3 Å². The second-order valence-corrected chi connectivity index (χ2v) is 5.91. The number of piperidine rings is 1. The molecule has 0 saturated carbocycles. The minimum atomic E-state index is -0.453. The van der Waals surface area contributed by atoms with Gasteiger partial charge in [0.05, 0.1) is 12.3 Å². The van der Waals surface area contributed by atoms with Gasteiger partial charge in [0, 0.05) is 18.3 Å². The fourth-order valence-corrected chi connectivity index (χ4v) is 3.07. The number of carbonyl (C=O) groups excluding carboxylic acids is 1. The van der Waals surface area contributed by atoms with Gasteiger partial charge in [0.2, 0.25) is 0 Å². The van der Waals surface area contributed by atoms with Crippen molar-refractivity contribution in [3.05, 3.63) is 33.4 Å². The Balaban J connectivity index is 1.99. The molecule has 1 saturated heterocycles. The van der Waals surface area contributed by atoms with Crippen LogP contribution in [0.5, 0.6) is 0 Å². The molecule has 3 rings (SSSR count). The SMILES string of the molecule is CCOC(=O)c1c(C)[nH]n2c(=O)cc(CN3CCCCC3)nc12. The fraction of sp³-hybridized carbons (Fsp3) is 0.562. The van der Waals surface area contributed by atoms with Crippen molar-refractivity contribution in [2.24, 2.45) is 0 Å². The summed E-state index contributed by atoms with van der Waals surface area (Å²) in [6.07, 6.45) is 3.62. The fourth-order valence-electron chi connectivity index (χ4n) is 3.07. The van der Waals surface area contributed by atoms with E-state index in [1.807, 2.05) is 0 Å². The number of carbonyl (C=O) groups is 1. The summed E-state index contributed by atoms with van der Waals surface area (Å²) in [7, 11) is 0. The van der Waals surface area contributed by atoms with Crippen molar-refractivity contribution in [3.8, 4) is 0 Å². The van der Waals surface area contributed by atoms with E-state index < -0.39 is 5.97 Å². The largest absolute Gasteiger partial charge is 0.462 e. The van der Waals surface area contributed by atoms with Crippen LogP contribution in [-0.4, -0.2) is 45.2 Å². The van der Waals surface area contributed by atoms with E-state index in [9.17, 15) is 9.59 Å². The number of fused-ring (bicyclic) bond motifs is 1. The van der Waals surface area contributed by atoms with E-state index in [0.29, 0.717) is 29.1 Å². The molecule has 7 heteroatoms. The Kier molecular flexibility index (Phi) is 4.47. The quantitative estimate of drug-likeness (QED) is 0.864. The number of H-pyrrole nitrogens is 1. The predicted octanol–water partition coefficient (Wildman–Crippen LogP) is 1.49. The average molecular weight is 318 g/mol. The molecule has 0 aromatic carbocycles. The number of aromatic nitrogens is 3. The molecule has 0 bridgehead atoms. The van der Waals surface area contributed by atoms with Crippen molar-refractivity contribution in [1.82, 2.24) is 19.5 Å². The molecule has 0 atom stereocenters. The molecule has 1 aliphatic rings. The van der Waals surface area contributed by atoms with Crippen LogP contribution < -0.4 is 5.56 Å². The zero-order chi connectivity index (χ0) is 16.4. The summed E-state index contributed by atoms with van der Waals surface area (Å²) in [5, 5.41) is 2.89. The van der Waals surface area contributed by atoms with Crippen molar-refractivity contribution in [3.63, 3.8) is 0 Å². The van der Waals surface area contributed by atoms with Gasteiger partial charge in [0.25, 0.3) is 5.56 Å². The van der Waals surface area contributed by atoms with Gasteiger partial charge in [0.1, 0.15) is 5.56 Å². The monoisotopic (exact) mass is 318 g/mol. The van der Waals surface area contributed by atoms with Crippen LogP contribution in [0.4, 0.5) is 0 Å². The first-order valence-corrected chi connectivity index (χ1v) is 8.11. The van der Waals surface area contributed by atoms with Gasteiger partial charge < -0.3 is 4.74 Å². The van der Waals surface area contributed by atoms with E-state index in [-0.39, 0.29) is 12.2 Å². The Labute approximate surface area is 134 Å². The van der Waals surface area contributed by atoms with Crippen molar-refractivity contribution in [1.29, 1.82) is 0 Å². The highest BCUT2D eigenvalue weighted by Gasteiger charge is 2.21. The summed E-state index contributed by atoms with van der Waals surface area (Å²) >= 11 is 0. The highest BCUT2D eigenvalue weighted by atomic mass is 16.5. The van der Waals surface area contributed by atoms with Crippen LogP contribution in [0.2, 0.25) is 0 Å². The molecule has 0 unspecified atom stereocenters. The second kappa shape index (κ2) is 6.54. The lowest BCUT2D eigenvalue weighted by molar-refractivity contribution is 0.0527. The van der Waals surface area contributed by atoms with Crippen molar-refractivity contribution in [2.45, 2.75) is 39.7 Å². The first-order valence-electron chi connectivity index (χ1n) is 8.11. The zero-order valence-corrected chi connectivity index (χ0v) is 13.6. The number of aryl methyl sites for hydroxylation is 1. The summed E-state index contributed by atoms with van der Waals surface area (Å²) in [5.74, 6) is -0.453. The van der Waals surface area contributed by atoms with Crippen LogP contribution >= 0.6 is 0 Å². The van der Waals surface area contributed by atoms with E-state index in [0.717, 1.165) is 13.1 Å². The topological polar surface area (TPSA) is 79.7 Å². The molecule has 0 amide bonds. The standard InChI is InChI=1S/C16H22N4O3/c1-3-23-16(22)14-11(2)18-20-13(21)9-12(17-15(14)20)10-19-7-5-4-6-8-19/h9,18H,3-8,10H2,1-2H3. The number of aromatic amines is 1. The molecule has 124 valence electrons. The lowest BCUT2D eigenvalue weighted by Gasteiger charge is -2.25. The Morgan fingerprint density at radius 2 is 2.09 bits per heavy atom. The van der Waals surface area contributed by atoms with Crippen LogP contribution in [0.3, 0.4) is 0 Å². The summed E-state index contributed by atoms with van der Waals surface area (Å²) < 4.78 is 6.39. The molecule has 0 spiro atoms. The second-order valence-electron chi connectivity index (χ2n) is 5.91. The number of nitrogens with zero attached hydrogens (tertiary/aromatic N) is 3. The first kappa shape index (κ1) is 15.7. The summed E-state index contributed by atoms with van der Waals surface area (Å²) in [5.41, 5.74) is 1.76. The predicted molar refractivity (Wildman–Crippen MR) is 85.6 cm³/mol. The third-order valence-electron chi connectivity index (χ3n) is 4.16. The highest BCUT2D eigenvalue weighted by Crippen LogP contribution is 2.16. The molecule has 1 aliphatic heterocycles. The van der Waals surface area contributed by atoms with Crippen LogP contribution in [0.1, 0.15) is 47.9 Å². The van der Waals surface area contributed by atoms with Crippen molar-refractivity contribution in [2.75, 3.05) is 19.7 Å². The molecule has 3 heterocycles.